The molecule has 0 fully saturated rings. The molecule has 6 heteroatoms. The minimum Gasteiger partial charge on any atom is -0.477 e. The predicted molar refractivity (Wildman–Crippen MR) is 126 cm³/mol. The van der Waals surface area contributed by atoms with Crippen molar-refractivity contribution in [2.24, 2.45) is 0 Å². The van der Waals surface area contributed by atoms with E-state index in [-0.39, 0.29) is 17.3 Å². The lowest BCUT2D eigenvalue weighted by Gasteiger charge is -2.11. The number of aromatic nitrogens is 1. The maximum Gasteiger partial charge on any atom is 0.352 e. The van der Waals surface area contributed by atoms with Crippen molar-refractivity contribution in [1.29, 1.82) is 0 Å². The number of carboxylic acids is 1. The van der Waals surface area contributed by atoms with Crippen LogP contribution in [0.2, 0.25) is 5.02 Å². The van der Waals surface area contributed by atoms with Crippen LogP contribution in [0.4, 0.5) is 4.39 Å². The van der Waals surface area contributed by atoms with Gasteiger partial charge < -0.3 is 15.0 Å². The molecule has 0 saturated heterocycles. The number of aromatic carboxylic acids is 1. The highest BCUT2D eigenvalue weighted by atomic mass is 35.5. The predicted octanol–water partition coefficient (Wildman–Crippen LogP) is 5.82. The molecule has 4 nitrogen and oxygen atoms in total. The van der Waals surface area contributed by atoms with Gasteiger partial charge in [-0.3, -0.25) is 0 Å². The van der Waals surface area contributed by atoms with Crippen LogP contribution in [0.5, 0.6) is 0 Å². The summed E-state index contributed by atoms with van der Waals surface area (Å²) in [5, 5.41) is 14.7. The monoisotopic (exact) mass is 450 g/mol. The van der Waals surface area contributed by atoms with Gasteiger partial charge in [0.15, 0.2) is 0 Å². The number of aryl methyl sites for hydroxylation is 1. The van der Waals surface area contributed by atoms with Crippen LogP contribution in [-0.2, 0) is 19.5 Å². The van der Waals surface area contributed by atoms with Crippen molar-refractivity contribution in [2.75, 3.05) is 6.54 Å². The molecule has 4 aromatic rings. The fourth-order valence-corrected chi connectivity index (χ4v) is 4.26. The van der Waals surface area contributed by atoms with Crippen LogP contribution >= 0.6 is 11.6 Å². The summed E-state index contributed by atoms with van der Waals surface area (Å²) < 4.78 is 15.3. The van der Waals surface area contributed by atoms with Gasteiger partial charge in [-0.1, -0.05) is 60.1 Å². The first-order chi connectivity index (χ1) is 15.4. The van der Waals surface area contributed by atoms with E-state index in [9.17, 15) is 14.3 Å². The van der Waals surface area contributed by atoms with E-state index in [1.807, 2.05) is 43.3 Å². The van der Waals surface area contributed by atoms with E-state index < -0.39 is 11.8 Å². The molecule has 0 bridgehead atoms. The number of hydrogen-bond donors (Lipinski definition) is 2. The zero-order valence-corrected chi connectivity index (χ0v) is 18.5. The van der Waals surface area contributed by atoms with E-state index in [2.05, 4.69) is 17.4 Å². The van der Waals surface area contributed by atoms with Crippen LogP contribution in [0.25, 0.3) is 10.9 Å². The van der Waals surface area contributed by atoms with Gasteiger partial charge >= 0.3 is 5.97 Å². The Bertz CT molecular complexity index is 1270. The molecule has 164 valence electrons. The van der Waals surface area contributed by atoms with E-state index >= 15 is 0 Å². The summed E-state index contributed by atoms with van der Waals surface area (Å²) in [5.74, 6) is -1.43. The fraction of sp³-hybridized carbons (Fsp3) is 0.192. The van der Waals surface area contributed by atoms with Gasteiger partial charge in [0.1, 0.15) is 11.5 Å². The second-order valence-electron chi connectivity index (χ2n) is 7.89. The zero-order valence-electron chi connectivity index (χ0n) is 17.7. The average Bonchev–Trinajstić information content (AvgIpc) is 3.06. The van der Waals surface area contributed by atoms with Gasteiger partial charge in [0.05, 0.1) is 0 Å². The third kappa shape index (κ3) is 4.69. The Balaban J connectivity index is 1.68. The van der Waals surface area contributed by atoms with Crippen LogP contribution in [-0.4, -0.2) is 22.2 Å². The van der Waals surface area contributed by atoms with E-state index in [1.165, 1.54) is 17.7 Å². The third-order valence-corrected chi connectivity index (χ3v) is 5.96. The largest absolute Gasteiger partial charge is 0.477 e. The summed E-state index contributed by atoms with van der Waals surface area (Å²) in [7, 11) is 0. The molecule has 0 aliphatic heterocycles. The summed E-state index contributed by atoms with van der Waals surface area (Å²) in [6, 6.07) is 20.3. The third-order valence-electron chi connectivity index (χ3n) is 5.61. The van der Waals surface area contributed by atoms with Crippen LogP contribution < -0.4 is 5.32 Å². The number of hydrogen-bond acceptors (Lipinski definition) is 2. The van der Waals surface area contributed by atoms with Crippen molar-refractivity contribution in [2.45, 2.75) is 26.4 Å². The number of benzene rings is 3. The average molecular weight is 451 g/mol. The minimum atomic E-state index is -1.00. The lowest BCUT2D eigenvalue weighted by atomic mass is 10.1. The fourth-order valence-electron chi connectivity index (χ4n) is 4.03. The summed E-state index contributed by atoms with van der Waals surface area (Å²) in [4.78, 5) is 12.3. The summed E-state index contributed by atoms with van der Waals surface area (Å²) in [6.45, 7) is 3.37. The number of rotatable bonds is 8. The number of carbonyl (C=O) groups is 1. The topological polar surface area (TPSA) is 54.3 Å². The van der Waals surface area contributed by atoms with E-state index in [4.69, 9.17) is 11.6 Å². The number of fused-ring (bicyclic) bond motifs is 1. The van der Waals surface area contributed by atoms with Crippen LogP contribution in [0, 0.1) is 12.7 Å². The van der Waals surface area contributed by atoms with Gasteiger partial charge in [-0.15, -0.1) is 0 Å². The summed E-state index contributed by atoms with van der Waals surface area (Å²) in [5.41, 5.74) is 4.70. The van der Waals surface area contributed by atoms with Gasteiger partial charge in [-0.05, 0) is 54.8 Å². The van der Waals surface area contributed by atoms with E-state index in [0.717, 1.165) is 35.0 Å². The molecule has 32 heavy (non-hydrogen) atoms. The molecule has 0 saturated carbocycles. The zero-order chi connectivity index (χ0) is 22.7. The summed E-state index contributed by atoms with van der Waals surface area (Å²) >= 11 is 6.25. The Morgan fingerprint density at radius 1 is 1.09 bits per heavy atom. The van der Waals surface area contributed by atoms with Crippen LogP contribution in [0.15, 0.2) is 66.7 Å². The second-order valence-corrected chi connectivity index (χ2v) is 8.29. The van der Waals surface area contributed by atoms with Gasteiger partial charge in [0, 0.05) is 34.6 Å². The first-order valence-corrected chi connectivity index (χ1v) is 10.9. The normalized spacial score (nSPS) is 11.2. The van der Waals surface area contributed by atoms with Gasteiger partial charge in [-0.2, -0.15) is 0 Å². The molecule has 1 heterocycles. The Hall–Kier alpha value is -3.15. The van der Waals surface area contributed by atoms with Crippen molar-refractivity contribution in [3.63, 3.8) is 0 Å². The molecule has 0 atom stereocenters. The SMILES string of the molecule is Cc1ccc2c(CNCCc3ccccc3)c(C(=O)O)n(Cc3ccc(F)cc3Cl)c2c1. The summed E-state index contributed by atoms with van der Waals surface area (Å²) in [6.07, 6.45) is 0.853. The Morgan fingerprint density at radius 2 is 1.88 bits per heavy atom. The molecule has 1 aromatic heterocycles. The molecular formula is C26H24ClFN2O2. The lowest BCUT2D eigenvalue weighted by Crippen LogP contribution is -2.19. The molecule has 3 aromatic carbocycles. The van der Waals surface area contributed by atoms with Crippen molar-refractivity contribution >= 4 is 28.5 Å². The van der Waals surface area contributed by atoms with Crippen molar-refractivity contribution < 1.29 is 14.3 Å². The first kappa shape index (κ1) is 22.1. The van der Waals surface area contributed by atoms with E-state index in [0.29, 0.717) is 12.1 Å². The van der Waals surface area contributed by atoms with Gasteiger partial charge in [-0.25, -0.2) is 9.18 Å². The van der Waals surface area contributed by atoms with Gasteiger partial charge in [0.2, 0.25) is 0 Å². The molecule has 0 unspecified atom stereocenters. The van der Waals surface area contributed by atoms with Crippen molar-refractivity contribution in [3.8, 4) is 0 Å². The molecule has 0 radical (unpaired) electrons. The van der Waals surface area contributed by atoms with Crippen LogP contribution in [0.1, 0.15) is 32.7 Å². The lowest BCUT2D eigenvalue weighted by molar-refractivity contribution is 0.0684. The highest BCUT2D eigenvalue weighted by molar-refractivity contribution is 6.31. The molecule has 4 rings (SSSR count). The highest BCUT2D eigenvalue weighted by Crippen LogP contribution is 2.30. The van der Waals surface area contributed by atoms with Crippen molar-refractivity contribution in [1.82, 2.24) is 9.88 Å². The Morgan fingerprint density at radius 3 is 2.59 bits per heavy atom. The molecular weight excluding hydrogens is 427 g/mol. The number of carboxylic acid groups (broad SMARTS) is 1. The van der Waals surface area contributed by atoms with Crippen molar-refractivity contribution in [3.05, 3.63) is 106 Å². The van der Waals surface area contributed by atoms with E-state index in [1.54, 1.807) is 10.6 Å². The molecule has 0 amide bonds. The van der Waals surface area contributed by atoms with Gasteiger partial charge in [0.25, 0.3) is 0 Å². The number of nitrogens with one attached hydrogen (secondary N) is 1. The number of halogens is 2. The second kappa shape index (κ2) is 9.55. The standard InChI is InChI=1S/C26H24ClFN2O2/c1-17-7-10-21-22(15-29-12-11-18-5-3-2-4-6-18)25(26(31)32)30(24(21)13-17)16-19-8-9-20(28)14-23(19)27/h2-10,13-14,29H,11-12,15-16H2,1H3,(H,31,32). The molecule has 2 N–H and O–H groups in total. The maximum absolute atomic E-state index is 13.5. The smallest absolute Gasteiger partial charge is 0.352 e. The highest BCUT2D eigenvalue weighted by Gasteiger charge is 2.23. The van der Waals surface area contributed by atoms with Crippen LogP contribution in [0.3, 0.4) is 0 Å². The minimum absolute atomic E-state index is 0.221. The maximum atomic E-state index is 13.5. The number of nitrogens with zero attached hydrogens (tertiary/aromatic N) is 1. The first-order valence-electron chi connectivity index (χ1n) is 10.5. The quantitative estimate of drug-likeness (QED) is 0.332. The molecule has 0 aliphatic rings. The molecule has 0 spiro atoms. The molecule has 0 aliphatic carbocycles. The Labute approximate surface area is 191 Å². The Kier molecular flexibility index (Phi) is 6.58.